The van der Waals surface area contributed by atoms with Crippen molar-refractivity contribution in [3.8, 4) is 0 Å². The van der Waals surface area contributed by atoms with Gasteiger partial charge < -0.3 is 9.30 Å². The lowest BCUT2D eigenvalue weighted by Crippen LogP contribution is -2.27. The number of thioether (sulfide) groups is 1. The Kier molecular flexibility index (Phi) is 5.86. The van der Waals surface area contributed by atoms with E-state index in [1.165, 1.54) is 6.08 Å². The maximum atomic E-state index is 12.5. The first-order valence-electron chi connectivity index (χ1n) is 8.25. The molecule has 2 amide bonds. The molecule has 2 aromatic rings. The highest BCUT2D eigenvalue weighted by atomic mass is 79.9. The molecule has 140 valence electrons. The topological polar surface area (TPSA) is 68.6 Å². The Balaban J connectivity index is 2.03. The minimum atomic E-state index is -0.341. The number of fused-ring (bicyclic) bond motifs is 1. The molecule has 2 heterocycles. The molecule has 1 aliphatic heterocycles. The van der Waals surface area contributed by atoms with Gasteiger partial charge in [0, 0.05) is 33.7 Å². The number of benzene rings is 1. The second-order valence-corrected chi connectivity index (χ2v) is 7.67. The number of halogens is 1. The maximum absolute atomic E-state index is 12.5. The number of amides is 2. The molecule has 0 spiro atoms. The van der Waals surface area contributed by atoms with Crippen molar-refractivity contribution in [3.05, 3.63) is 52.0 Å². The van der Waals surface area contributed by atoms with E-state index in [-0.39, 0.29) is 30.2 Å². The number of carbonyl (C=O) groups excluding carboxylic acids is 3. The molecule has 0 bridgehead atoms. The SMILES string of the molecule is C=CCN1C(=O)S/C(=C\c2cn(CC(=O)OCC)c3ccc(Br)cc23)C1=O. The molecule has 0 atom stereocenters. The summed E-state index contributed by atoms with van der Waals surface area (Å²) in [5.74, 6) is -0.679. The molecule has 0 saturated carbocycles. The summed E-state index contributed by atoms with van der Waals surface area (Å²) in [6.07, 6.45) is 4.99. The van der Waals surface area contributed by atoms with Crippen LogP contribution in [0.15, 0.2) is 46.4 Å². The summed E-state index contributed by atoms with van der Waals surface area (Å²) in [5, 5.41) is 0.548. The minimum Gasteiger partial charge on any atom is -0.465 e. The molecule has 0 unspecified atom stereocenters. The second-order valence-electron chi connectivity index (χ2n) is 5.76. The van der Waals surface area contributed by atoms with Crippen LogP contribution in [0.4, 0.5) is 4.79 Å². The van der Waals surface area contributed by atoms with Crippen LogP contribution in [0.25, 0.3) is 17.0 Å². The first-order chi connectivity index (χ1) is 12.9. The van der Waals surface area contributed by atoms with Crippen molar-refractivity contribution in [3.63, 3.8) is 0 Å². The molecule has 8 heteroatoms. The zero-order valence-corrected chi connectivity index (χ0v) is 17.0. The lowest BCUT2D eigenvalue weighted by molar-refractivity contribution is -0.143. The molecule has 0 radical (unpaired) electrons. The normalized spacial score (nSPS) is 15.8. The van der Waals surface area contributed by atoms with Gasteiger partial charge in [0.05, 0.1) is 11.5 Å². The van der Waals surface area contributed by atoms with Crippen LogP contribution in [0, 0.1) is 0 Å². The zero-order chi connectivity index (χ0) is 19.6. The molecule has 1 fully saturated rings. The third kappa shape index (κ3) is 4.01. The summed E-state index contributed by atoms with van der Waals surface area (Å²) in [5.41, 5.74) is 1.59. The molecule has 0 aliphatic carbocycles. The number of rotatable bonds is 6. The van der Waals surface area contributed by atoms with Crippen LogP contribution in [0.5, 0.6) is 0 Å². The van der Waals surface area contributed by atoms with Crippen molar-refractivity contribution in [2.45, 2.75) is 13.5 Å². The van der Waals surface area contributed by atoms with Gasteiger partial charge in [0.2, 0.25) is 0 Å². The van der Waals surface area contributed by atoms with Gasteiger partial charge in [0.15, 0.2) is 0 Å². The number of aromatic nitrogens is 1. The van der Waals surface area contributed by atoms with Gasteiger partial charge >= 0.3 is 5.97 Å². The van der Waals surface area contributed by atoms with Gasteiger partial charge in [-0.15, -0.1) is 6.58 Å². The van der Waals surface area contributed by atoms with E-state index in [1.54, 1.807) is 23.8 Å². The van der Waals surface area contributed by atoms with Crippen LogP contribution in [-0.4, -0.2) is 39.7 Å². The van der Waals surface area contributed by atoms with E-state index in [4.69, 9.17) is 4.74 Å². The monoisotopic (exact) mass is 448 g/mol. The average Bonchev–Trinajstić information content (AvgIpc) is 3.07. The van der Waals surface area contributed by atoms with Crippen molar-refractivity contribution < 1.29 is 19.1 Å². The van der Waals surface area contributed by atoms with Gasteiger partial charge in [0.1, 0.15) is 6.54 Å². The number of ether oxygens (including phenoxy) is 1. The van der Waals surface area contributed by atoms with E-state index in [9.17, 15) is 14.4 Å². The molecule has 1 aromatic carbocycles. The fraction of sp³-hybridized carbons (Fsp3) is 0.211. The van der Waals surface area contributed by atoms with Crippen molar-refractivity contribution in [2.24, 2.45) is 0 Å². The molecule has 1 saturated heterocycles. The van der Waals surface area contributed by atoms with Gasteiger partial charge in [-0.05, 0) is 43.0 Å². The average molecular weight is 449 g/mol. The smallest absolute Gasteiger partial charge is 0.325 e. The number of nitrogens with zero attached hydrogens (tertiary/aromatic N) is 2. The third-order valence-electron chi connectivity index (χ3n) is 3.95. The van der Waals surface area contributed by atoms with Crippen molar-refractivity contribution in [1.29, 1.82) is 0 Å². The molecular weight excluding hydrogens is 432 g/mol. The summed E-state index contributed by atoms with van der Waals surface area (Å²) in [7, 11) is 0. The second kappa shape index (κ2) is 8.14. The van der Waals surface area contributed by atoms with Crippen LogP contribution in [-0.2, 0) is 20.9 Å². The van der Waals surface area contributed by atoms with Crippen molar-refractivity contribution in [2.75, 3.05) is 13.2 Å². The first-order valence-corrected chi connectivity index (χ1v) is 9.85. The Labute approximate surface area is 169 Å². The van der Waals surface area contributed by atoms with Crippen molar-refractivity contribution in [1.82, 2.24) is 9.47 Å². The van der Waals surface area contributed by atoms with Crippen LogP contribution in [0.1, 0.15) is 12.5 Å². The highest BCUT2D eigenvalue weighted by Gasteiger charge is 2.34. The van der Waals surface area contributed by atoms with E-state index < -0.39 is 0 Å². The standard InChI is InChI=1S/C19H17BrN2O4S/c1-3-7-22-18(24)16(27-19(22)25)8-12-10-21(11-17(23)26-4-2)15-6-5-13(20)9-14(12)15/h3,5-6,8-10H,1,4,7,11H2,2H3/b16-8-. The molecule has 27 heavy (non-hydrogen) atoms. The summed E-state index contributed by atoms with van der Waals surface area (Å²) in [6, 6.07) is 5.68. The number of hydrogen-bond donors (Lipinski definition) is 0. The molecule has 1 aliphatic rings. The Hall–Kier alpha value is -2.32. The van der Waals surface area contributed by atoms with E-state index >= 15 is 0 Å². The Morgan fingerprint density at radius 2 is 2.15 bits per heavy atom. The van der Waals surface area contributed by atoms with Crippen LogP contribution in [0.3, 0.4) is 0 Å². The largest absolute Gasteiger partial charge is 0.465 e. The lowest BCUT2D eigenvalue weighted by Gasteiger charge is -2.07. The first kappa shape index (κ1) is 19.4. The Morgan fingerprint density at radius 1 is 1.37 bits per heavy atom. The summed E-state index contributed by atoms with van der Waals surface area (Å²) < 4.78 is 7.68. The van der Waals surface area contributed by atoms with E-state index in [0.29, 0.717) is 11.5 Å². The molecule has 6 nitrogen and oxygen atoms in total. The number of carbonyl (C=O) groups is 3. The van der Waals surface area contributed by atoms with Gasteiger partial charge in [-0.2, -0.15) is 0 Å². The highest BCUT2D eigenvalue weighted by Crippen LogP contribution is 2.34. The fourth-order valence-electron chi connectivity index (χ4n) is 2.82. The predicted octanol–water partition coefficient (Wildman–Crippen LogP) is 4.19. The van der Waals surface area contributed by atoms with Crippen LogP contribution in [0.2, 0.25) is 0 Å². The summed E-state index contributed by atoms with van der Waals surface area (Å²) >= 11 is 4.35. The Bertz CT molecular complexity index is 979. The number of hydrogen-bond acceptors (Lipinski definition) is 5. The zero-order valence-electron chi connectivity index (χ0n) is 14.6. The quantitative estimate of drug-likeness (QED) is 0.376. The summed E-state index contributed by atoms with van der Waals surface area (Å²) in [4.78, 5) is 37.9. The summed E-state index contributed by atoms with van der Waals surface area (Å²) in [6.45, 7) is 5.89. The predicted molar refractivity (Wildman–Crippen MR) is 109 cm³/mol. The van der Waals surface area contributed by atoms with E-state index in [2.05, 4.69) is 22.5 Å². The van der Waals surface area contributed by atoms with Crippen LogP contribution >= 0.6 is 27.7 Å². The lowest BCUT2D eigenvalue weighted by atomic mass is 10.1. The van der Waals surface area contributed by atoms with Gasteiger partial charge in [0.25, 0.3) is 11.1 Å². The van der Waals surface area contributed by atoms with Gasteiger partial charge in [-0.25, -0.2) is 0 Å². The van der Waals surface area contributed by atoms with Gasteiger partial charge in [-0.1, -0.05) is 22.0 Å². The Morgan fingerprint density at radius 3 is 2.85 bits per heavy atom. The van der Waals surface area contributed by atoms with E-state index in [1.807, 2.05) is 18.2 Å². The fourth-order valence-corrected chi connectivity index (χ4v) is 4.02. The van der Waals surface area contributed by atoms with E-state index in [0.717, 1.165) is 37.6 Å². The minimum absolute atomic E-state index is 0.0672. The third-order valence-corrected chi connectivity index (χ3v) is 5.35. The molecular formula is C19H17BrN2O4S. The van der Waals surface area contributed by atoms with Crippen LogP contribution < -0.4 is 0 Å². The molecule has 1 aromatic heterocycles. The van der Waals surface area contributed by atoms with Gasteiger partial charge in [-0.3, -0.25) is 19.3 Å². The van der Waals surface area contributed by atoms with Crippen molar-refractivity contribution >= 4 is 61.8 Å². The number of imide groups is 1. The molecule has 3 rings (SSSR count). The highest BCUT2D eigenvalue weighted by molar-refractivity contribution is 9.10. The number of esters is 1. The maximum Gasteiger partial charge on any atom is 0.325 e. The molecule has 0 N–H and O–H groups in total.